The Morgan fingerprint density at radius 3 is 2.67 bits per heavy atom. The first kappa shape index (κ1) is 22.2. The summed E-state index contributed by atoms with van der Waals surface area (Å²) in [5, 5.41) is 13.4. The Hall–Kier alpha value is -2.51. The van der Waals surface area contributed by atoms with Crippen LogP contribution in [-0.2, 0) is 11.3 Å². The summed E-state index contributed by atoms with van der Waals surface area (Å²) in [5.74, 6) is -1.73. The molecular formula is C23H28F2N2O3. The van der Waals surface area contributed by atoms with Crippen LogP contribution in [0.3, 0.4) is 0 Å². The van der Waals surface area contributed by atoms with Crippen molar-refractivity contribution < 1.29 is 23.4 Å². The van der Waals surface area contributed by atoms with Crippen LogP contribution in [0.15, 0.2) is 36.4 Å². The summed E-state index contributed by atoms with van der Waals surface area (Å²) in [5.41, 5.74) is 2.37. The fourth-order valence-electron chi connectivity index (χ4n) is 3.77. The van der Waals surface area contributed by atoms with Gasteiger partial charge in [-0.2, -0.15) is 0 Å². The number of carbonyl (C=O) groups excluding carboxylic acids is 1. The molecule has 1 aliphatic rings. The second-order valence-corrected chi connectivity index (χ2v) is 7.58. The number of fused-ring (bicyclic) bond motifs is 1. The lowest BCUT2D eigenvalue weighted by atomic mass is 9.99. The molecule has 7 heteroatoms. The number of nitrogens with zero attached hydrogens (tertiary/aromatic N) is 1. The fraction of sp³-hybridized carbons (Fsp3) is 0.435. The summed E-state index contributed by atoms with van der Waals surface area (Å²) in [7, 11) is 1.66. The minimum Gasteiger partial charge on any atom is -0.388 e. The molecule has 0 aromatic heterocycles. The highest BCUT2D eigenvalue weighted by Gasteiger charge is 2.21. The first-order valence-corrected chi connectivity index (χ1v) is 10.3. The number of aliphatic hydroxyl groups excluding tert-OH is 1. The average molecular weight is 418 g/mol. The molecule has 0 fully saturated rings. The van der Waals surface area contributed by atoms with Crippen molar-refractivity contribution in [1.29, 1.82) is 0 Å². The van der Waals surface area contributed by atoms with E-state index in [1.54, 1.807) is 19.2 Å². The summed E-state index contributed by atoms with van der Waals surface area (Å²) < 4.78 is 31.9. The SMILES string of the molecule is COCCN1CCCCCC(O)c2cc(C(=O)NCc3cc(F)cc(F)c3)ccc21. The third kappa shape index (κ3) is 5.77. The largest absolute Gasteiger partial charge is 0.388 e. The number of methoxy groups -OCH3 is 1. The Bertz CT molecular complexity index is 855. The van der Waals surface area contributed by atoms with Gasteiger partial charge < -0.3 is 20.1 Å². The highest BCUT2D eigenvalue weighted by molar-refractivity contribution is 5.95. The maximum Gasteiger partial charge on any atom is 0.251 e. The third-order valence-corrected chi connectivity index (χ3v) is 5.34. The normalized spacial score (nSPS) is 16.9. The van der Waals surface area contributed by atoms with Crippen LogP contribution < -0.4 is 10.2 Å². The molecule has 0 aliphatic carbocycles. The van der Waals surface area contributed by atoms with Gasteiger partial charge in [0, 0.05) is 49.6 Å². The van der Waals surface area contributed by atoms with Crippen molar-refractivity contribution in [2.24, 2.45) is 0 Å². The molecular weight excluding hydrogens is 390 g/mol. The van der Waals surface area contributed by atoms with E-state index >= 15 is 0 Å². The summed E-state index contributed by atoms with van der Waals surface area (Å²) in [6.45, 7) is 2.14. The number of benzene rings is 2. The predicted octanol–water partition coefficient (Wildman–Crippen LogP) is 3.96. The average Bonchev–Trinajstić information content (AvgIpc) is 2.79. The van der Waals surface area contributed by atoms with Gasteiger partial charge in [-0.05, 0) is 48.7 Å². The molecule has 0 bridgehead atoms. The number of halogens is 2. The lowest BCUT2D eigenvalue weighted by Crippen LogP contribution is -2.29. The number of hydrogen-bond acceptors (Lipinski definition) is 4. The highest BCUT2D eigenvalue weighted by Crippen LogP contribution is 2.32. The number of hydrogen-bond donors (Lipinski definition) is 2. The lowest BCUT2D eigenvalue weighted by Gasteiger charge is -2.28. The lowest BCUT2D eigenvalue weighted by molar-refractivity contribution is 0.0950. The van der Waals surface area contributed by atoms with Gasteiger partial charge in [0.15, 0.2) is 0 Å². The third-order valence-electron chi connectivity index (χ3n) is 5.34. The number of nitrogens with one attached hydrogen (secondary N) is 1. The van der Waals surface area contributed by atoms with Crippen molar-refractivity contribution in [3.05, 3.63) is 64.7 Å². The molecule has 1 aliphatic heterocycles. The zero-order valence-corrected chi connectivity index (χ0v) is 17.2. The Balaban J connectivity index is 1.80. The van der Waals surface area contributed by atoms with Gasteiger partial charge in [-0.3, -0.25) is 4.79 Å². The molecule has 3 rings (SSSR count). The van der Waals surface area contributed by atoms with Crippen LogP contribution in [0.4, 0.5) is 14.5 Å². The van der Waals surface area contributed by atoms with E-state index < -0.39 is 17.7 Å². The van der Waals surface area contributed by atoms with E-state index in [9.17, 15) is 18.7 Å². The van der Waals surface area contributed by atoms with Crippen LogP contribution in [0.1, 0.15) is 53.3 Å². The monoisotopic (exact) mass is 418 g/mol. The number of amides is 1. The van der Waals surface area contributed by atoms with E-state index in [-0.39, 0.29) is 12.5 Å². The Morgan fingerprint density at radius 1 is 1.17 bits per heavy atom. The molecule has 0 saturated carbocycles. The molecule has 30 heavy (non-hydrogen) atoms. The second-order valence-electron chi connectivity index (χ2n) is 7.58. The van der Waals surface area contributed by atoms with Crippen molar-refractivity contribution in [3.63, 3.8) is 0 Å². The van der Waals surface area contributed by atoms with Crippen molar-refractivity contribution in [1.82, 2.24) is 5.32 Å². The first-order chi connectivity index (χ1) is 14.5. The van der Waals surface area contributed by atoms with Crippen LogP contribution in [0, 0.1) is 11.6 Å². The molecule has 0 radical (unpaired) electrons. The molecule has 5 nitrogen and oxygen atoms in total. The quantitative estimate of drug-likeness (QED) is 0.746. The Morgan fingerprint density at radius 2 is 1.93 bits per heavy atom. The van der Waals surface area contributed by atoms with E-state index in [2.05, 4.69) is 10.2 Å². The topological polar surface area (TPSA) is 61.8 Å². The molecule has 1 unspecified atom stereocenters. The molecule has 1 atom stereocenters. The predicted molar refractivity (Wildman–Crippen MR) is 111 cm³/mol. The van der Waals surface area contributed by atoms with Crippen LogP contribution in [0.2, 0.25) is 0 Å². The smallest absolute Gasteiger partial charge is 0.251 e. The van der Waals surface area contributed by atoms with E-state index in [0.717, 1.165) is 43.1 Å². The summed E-state index contributed by atoms with van der Waals surface area (Å²) >= 11 is 0. The van der Waals surface area contributed by atoms with Gasteiger partial charge in [-0.15, -0.1) is 0 Å². The summed E-state index contributed by atoms with van der Waals surface area (Å²) in [4.78, 5) is 14.8. The Kier molecular flexibility index (Phi) is 7.76. The van der Waals surface area contributed by atoms with Gasteiger partial charge in [0.05, 0.1) is 12.7 Å². The minimum atomic E-state index is -0.685. The number of carbonyl (C=O) groups is 1. The number of ether oxygens (including phenoxy) is 1. The molecule has 2 N–H and O–H groups in total. The molecule has 0 saturated heterocycles. The number of aliphatic hydroxyl groups is 1. The van der Waals surface area contributed by atoms with E-state index in [0.29, 0.717) is 30.7 Å². The van der Waals surface area contributed by atoms with Crippen LogP contribution >= 0.6 is 0 Å². The van der Waals surface area contributed by atoms with Gasteiger partial charge in [0.25, 0.3) is 5.91 Å². The highest BCUT2D eigenvalue weighted by atomic mass is 19.1. The van der Waals surface area contributed by atoms with Crippen LogP contribution in [0.25, 0.3) is 0 Å². The molecule has 1 amide bonds. The van der Waals surface area contributed by atoms with Gasteiger partial charge in [0.1, 0.15) is 11.6 Å². The standard InChI is InChI=1S/C23H28F2N2O3/c1-30-10-9-27-8-4-2-3-5-22(28)20-13-17(6-7-21(20)27)23(29)26-15-16-11-18(24)14-19(25)12-16/h6-7,11-14,22,28H,2-5,8-10,15H2,1H3,(H,26,29). The van der Waals surface area contributed by atoms with Crippen LogP contribution in [0.5, 0.6) is 0 Å². The molecule has 1 heterocycles. The van der Waals surface area contributed by atoms with Crippen molar-refractivity contribution in [3.8, 4) is 0 Å². The van der Waals surface area contributed by atoms with Gasteiger partial charge in [0.2, 0.25) is 0 Å². The van der Waals surface area contributed by atoms with E-state index in [1.165, 1.54) is 12.1 Å². The molecule has 2 aromatic rings. The zero-order chi connectivity index (χ0) is 21.5. The molecule has 2 aromatic carbocycles. The molecule has 162 valence electrons. The van der Waals surface area contributed by atoms with Gasteiger partial charge >= 0.3 is 0 Å². The Labute approximate surface area is 175 Å². The maximum atomic E-state index is 13.3. The summed E-state index contributed by atoms with van der Waals surface area (Å²) in [6, 6.07) is 8.45. The minimum absolute atomic E-state index is 0.00706. The fourth-order valence-corrected chi connectivity index (χ4v) is 3.77. The molecule has 0 spiro atoms. The van der Waals surface area contributed by atoms with E-state index in [4.69, 9.17) is 4.74 Å². The number of anilines is 1. The maximum absolute atomic E-state index is 13.3. The van der Waals surface area contributed by atoms with Crippen molar-refractivity contribution in [2.75, 3.05) is 31.7 Å². The summed E-state index contributed by atoms with van der Waals surface area (Å²) in [6.07, 6.45) is 2.96. The second kappa shape index (κ2) is 10.5. The number of rotatable bonds is 6. The van der Waals surface area contributed by atoms with Crippen LogP contribution in [-0.4, -0.2) is 37.8 Å². The first-order valence-electron chi connectivity index (χ1n) is 10.3. The van der Waals surface area contributed by atoms with Crippen molar-refractivity contribution >= 4 is 11.6 Å². The van der Waals surface area contributed by atoms with Gasteiger partial charge in [-0.1, -0.05) is 12.8 Å². The van der Waals surface area contributed by atoms with E-state index in [1.807, 2.05) is 6.07 Å². The zero-order valence-electron chi connectivity index (χ0n) is 17.2. The van der Waals surface area contributed by atoms with Gasteiger partial charge in [-0.25, -0.2) is 8.78 Å². The van der Waals surface area contributed by atoms with Crippen molar-refractivity contribution in [2.45, 2.75) is 38.3 Å².